The van der Waals surface area contributed by atoms with E-state index in [-0.39, 0.29) is 11.6 Å². The summed E-state index contributed by atoms with van der Waals surface area (Å²) in [6.07, 6.45) is 3.30. The SMILES string of the molecule is COc1ccc(NC(=O)c2cc(-c3ccc4nccnc4c3)n(-c3cccc(Br)n3)n2)cc1. The fraction of sp³-hybridized carbons (Fsp3) is 0.0417. The third-order valence-electron chi connectivity index (χ3n) is 4.97. The van der Waals surface area contributed by atoms with Crippen molar-refractivity contribution in [2.45, 2.75) is 0 Å². The van der Waals surface area contributed by atoms with E-state index in [2.05, 4.69) is 41.3 Å². The molecule has 9 heteroatoms. The molecule has 3 aromatic heterocycles. The molecule has 5 rings (SSSR count). The van der Waals surface area contributed by atoms with Gasteiger partial charge in [0, 0.05) is 23.6 Å². The van der Waals surface area contributed by atoms with Crippen molar-refractivity contribution in [3.63, 3.8) is 0 Å². The van der Waals surface area contributed by atoms with Crippen molar-refractivity contribution >= 4 is 38.6 Å². The van der Waals surface area contributed by atoms with E-state index in [4.69, 9.17) is 4.74 Å². The number of methoxy groups -OCH3 is 1. The monoisotopic (exact) mass is 500 g/mol. The maximum atomic E-state index is 13.0. The molecule has 2 aromatic carbocycles. The zero-order valence-corrected chi connectivity index (χ0v) is 19.0. The van der Waals surface area contributed by atoms with Crippen LogP contribution in [0, 0.1) is 0 Å². The first-order chi connectivity index (χ1) is 16.1. The van der Waals surface area contributed by atoms with Crippen molar-refractivity contribution in [3.8, 4) is 22.8 Å². The van der Waals surface area contributed by atoms with E-state index in [1.807, 2.05) is 36.4 Å². The molecule has 8 nitrogen and oxygen atoms in total. The van der Waals surface area contributed by atoms with Gasteiger partial charge in [-0.3, -0.25) is 14.8 Å². The number of rotatable bonds is 5. The van der Waals surface area contributed by atoms with E-state index >= 15 is 0 Å². The lowest BCUT2D eigenvalue weighted by Crippen LogP contribution is -2.13. The minimum absolute atomic E-state index is 0.252. The molecule has 0 aliphatic rings. The molecule has 0 atom stereocenters. The number of amides is 1. The highest BCUT2D eigenvalue weighted by Crippen LogP contribution is 2.27. The predicted octanol–water partition coefficient (Wildman–Crippen LogP) is 4.90. The van der Waals surface area contributed by atoms with Crippen LogP contribution in [0.3, 0.4) is 0 Å². The molecule has 162 valence electrons. The number of aromatic nitrogens is 5. The highest BCUT2D eigenvalue weighted by molar-refractivity contribution is 9.10. The summed E-state index contributed by atoms with van der Waals surface area (Å²) >= 11 is 3.40. The Morgan fingerprint density at radius 1 is 0.970 bits per heavy atom. The van der Waals surface area contributed by atoms with Crippen molar-refractivity contribution in [2.24, 2.45) is 0 Å². The Balaban J connectivity index is 1.57. The number of carbonyl (C=O) groups is 1. The molecule has 0 radical (unpaired) electrons. The van der Waals surface area contributed by atoms with Crippen LogP contribution in [0.25, 0.3) is 28.1 Å². The van der Waals surface area contributed by atoms with Crippen LogP contribution in [-0.4, -0.2) is 37.7 Å². The van der Waals surface area contributed by atoms with Crippen LogP contribution in [0.2, 0.25) is 0 Å². The zero-order valence-electron chi connectivity index (χ0n) is 17.4. The smallest absolute Gasteiger partial charge is 0.276 e. The molecule has 3 heterocycles. The number of fused-ring (bicyclic) bond motifs is 1. The van der Waals surface area contributed by atoms with E-state index in [0.29, 0.717) is 27.6 Å². The van der Waals surface area contributed by atoms with Gasteiger partial charge >= 0.3 is 0 Å². The molecule has 0 unspecified atom stereocenters. The van der Waals surface area contributed by atoms with Gasteiger partial charge in [-0.05, 0) is 70.5 Å². The van der Waals surface area contributed by atoms with Crippen LogP contribution < -0.4 is 10.1 Å². The second kappa shape index (κ2) is 8.79. The molecule has 0 fully saturated rings. The highest BCUT2D eigenvalue weighted by Gasteiger charge is 2.18. The number of pyridine rings is 1. The Hall–Kier alpha value is -4.11. The zero-order chi connectivity index (χ0) is 22.8. The third-order valence-corrected chi connectivity index (χ3v) is 5.41. The number of ether oxygens (including phenoxy) is 1. The summed E-state index contributed by atoms with van der Waals surface area (Å²) in [5, 5.41) is 7.44. The number of nitrogens with zero attached hydrogens (tertiary/aromatic N) is 5. The van der Waals surface area contributed by atoms with Crippen LogP contribution >= 0.6 is 15.9 Å². The molecule has 33 heavy (non-hydrogen) atoms. The van der Waals surface area contributed by atoms with Gasteiger partial charge in [-0.15, -0.1) is 0 Å². The summed E-state index contributed by atoms with van der Waals surface area (Å²) in [6, 6.07) is 20.1. The van der Waals surface area contributed by atoms with Gasteiger partial charge < -0.3 is 10.1 Å². The van der Waals surface area contributed by atoms with Crippen LogP contribution in [0.5, 0.6) is 5.75 Å². The molecular formula is C24H17BrN6O2. The summed E-state index contributed by atoms with van der Waals surface area (Å²) < 4.78 is 7.47. The Morgan fingerprint density at radius 3 is 2.52 bits per heavy atom. The average Bonchev–Trinajstić information content (AvgIpc) is 3.30. The van der Waals surface area contributed by atoms with Crippen molar-refractivity contribution in [3.05, 3.63) is 89.4 Å². The summed E-state index contributed by atoms with van der Waals surface area (Å²) in [6.45, 7) is 0. The Kier molecular flexibility index (Phi) is 5.54. The number of halogens is 1. The van der Waals surface area contributed by atoms with Crippen molar-refractivity contribution in [2.75, 3.05) is 12.4 Å². The number of benzene rings is 2. The quantitative estimate of drug-likeness (QED) is 0.345. The van der Waals surface area contributed by atoms with Gasteiger partial charge in [-0.25, -0.2) is 9.67 Å². The van der Waals surface area contributed by atoms with Crippen molar-refractivity contribution < 1.29 is 9.53 Å². The molecule has 0 saturated carbocycles. The summed E-state index contributed by atoms with van der Waals surface area (Å²) in [7, 11) is 1.59. The first-order valence-corrected chi connectivity index (χ1v) is 10.8. The number of hydrogen-bond acceptors (Lipinski definition) is 6. The summed E-state index contributed by atoms with van der Waals surface area (Å²) in [4.78, 5) is 26.2. The molecule has 0 aliphatic heterocycles. The van der Waals surface area contributed by atoms with Crippen LogP contribution in [-0.2, 0) is 0 Å². The molecule has 0 aliphatic carbocycles. The molecule has 1 amide bonds. The number of carbonyl (C=O) groups excluding carboxylic acids is 1. The van der Waals surface area contributed by atoms with E-state index in [1.54, 1.807) is 54.5 Å². The van der Waals surface area contributed by atoms with Crippen LogP contribution in [0.15, 0.2) is 83.7 Å². The van der Waals surface area contributed by atoms with E-state index in [1.165, 1.54) is 0 Å². The maximum absolute atomic E-state index is 13.0. The third kappa shape index (κ3) is 4.31. The Morgan fingerprint density at radius 2 is 1.76 bits per heavy atom. The predicted molar refractivity (Wildman–Crippen MR) is 129 cm³/mol. The normalized spacial score (nSPS) is 10.8. The Bertz CT molecular complexity index is 1470. The van der Waals surface area contributed by atoms with Crippen molar-refractivity contribution in [1.82, 2.24) is 24.7 Å². The first-order valence-electron chi connectivity index (χ1n) is 10.0. The lowest BCUT2D eigenvalue weighted by Gasteiger charge is -2.07. The van der Waals surface area contributed by atoms with Gasteiger partial charge in [-0.1, -0.05) is 12.1 Å². The standard InChI is InChI=1S/C24H17BrN6O2/c1-33-17-8-6-16(7-9-17)28-24(32)20-14-21(31(30-20)23-4-2-3-22(25)29-23)15-5-10-18-19(13-15)27-12-11-26-18/h2-14H,1H3,(H,28,32). The average molecular weight is 501 g/mol. The van der Waals surface area contributed by atoms with Gasteiger partial charge in [0.2, 0.25) is 0 Å². The molecule has 5 aromatic rings. The van der Waals surface area contributed by atoms with E-state index < -0.39 is 0 Å². The van der Waals surface area contributed by atoms with Gasteiger partial charge in [0.25, 0.3) is 5.91 Å². The molecule has 1 N–H and O–H groups in total. The van der Waals surface area contributed by atoms with Crippen LogP contribution in [0.4, 0.5) is 5.69 Å². The molecule has 0 bridgehead atoms. The number of nitrogens with one attached hydrogen (secondary N) is 1. The number of anilines is 1. The minimum Gasteiger partial charge on any atom is -0.497 e. The largest absolute Gasteiger partial charge is 0.497 e. The first kappa shape index (κ1) is 20.8. The second-order valence-corrected chi connectivity index (χ2v) is 7.90. The van der Waals surface area contributed by atoms with E-state index in [0.717, 1.165) is 16.6 Å². The van der Waals surface area contributed by atoms with E-state index in [9.17, 15) is 4.79 Å². The fourth-order valence-corrected chi connectivity index (χ4v) is 3.71. The number of hydrogen-bond donors (Lipinski definition) is 1. The maximum Gasteiger partial charge on any atom is 0.276 e. The minimum atomic E-state index is -0.337. The summed E-state index contributed by atoms with van der Waals surface area (Å²) in [5.74, 6) is 0.942. The topological polar surface area (TPSA) is 94.8 Å². The van der Waals surface area contributed by atoms with Gasteiger partial charge in [0.1, 0.15) is 10.4 Å². The molecule has 0 saturated heterocycles. The summed E-state index contributed by atoms with van der Waals surface area (Å²) in [5.41, 5.74) is 3.95. The lowest BCUT2D eigenvalue weighted by molar-refractivity contribution is 0.102. The van der Waals surface area contributed by atoms with Gasteiger partial charge in [-0.2, -0.15) is 5.10 Å². The van der Waals surface area contributed by atoms with Crippen molar-refractivity contribution in [1.29, 1.82) is 0 Å². The molecule has 0 spiro atoms. The van der Waals surface area contributed by atoms with Gasteiger partial charge in [0.15, 0.2) is 11.5 Å². The highest BCUT2D eigenvalue weighted by atomic mass is 79.9. The Labute approximate surface area is 197 Å². The van der Waals surface area contributed by atoms with Crippen LogP contribution in [0.1, 0.15) is 10.5 Å². The fourth-order valence-electron chi connectivity index (χ4n) is 3.38. The molecular weight excluding hydrogens is 484 g/mol. The lowest BCUT2D eigenvalue weighted by atomic mass is 10.1. The second-order valence-electron chi connectivity index (χ2n) is 7.09. The van der Waals surface area contributed by atoms with Gasteiger partial charge in [0.05, 0.1) is 23.8 Å².